The summed E-state index contributed by atoms with van der Waals surface area (Å²) in [6.45, 7) is 4.93. The summed E-state index contributed by atoms with van der Waals surface area (Å²) in [5.41, 5.74) is 0.939. The fourth-order valence-corrected chi connectivity index (χ4v) is 2.57. The maximum absolute atomic E-state index is 11.9. The van der Waals surface area contributed by atoms with Gasteiger partial charge in [0.1, 0.15) is 0 Å². The summed E-state index contributed by atoms with van der Waals surface area (Å²) in [7, 11) is 0. The number of rotatable bonds is 9. The van der Waals surface area contributed by atoms with Gasteiger partial charge in [0.2, 0.25) is 0 Å². The minimum atomic E-state index is 0.107. The minimum absolute atomic E-state index is 0.107. The van der Waals surface area contributed by atoms with Crippen LogP contribution in [0.2, 0.25) is 0 Å². The summed E-state index contributed by atoms with van der Waals surface area (Å²) < 4.78 is 2.49. The smallest absolute Gasteiger partial charge is 0.266 e. The molecule has 0 bridgehead atoms. The van der Waals surface area contributed by atoms with Gasteiger partial charge in [-0.2, -0.15) is 0 Å². The molecule has 0 saturated carbocycles. The molecule has 0 spiro atoms. The molecule has 0 atom stereocenters. The van der Waals surface area contributed by atoms with E-state index in [1.54, 1.807) is 10.9 Å². The third-order valence-corrected chi connectivity index (χ3v) is 4.65. The minimum Gasteiger partial charge on any atom is -0.298 e. The number of hydrogen-bond donors (Lipinski definition) is 0. The summed E-state index contributed by atoms with van der Waals surface area (Å²) in [5.74, 6) is 0. The van der Waals surface area contributed by atoms with Gasteiger partial charge in [0.15, 0.2) is 0 Å². The summed E-state index contributed by atoms with van der Waals surface area (Å²) in [5, 5.41) is 0. The van der Waals surface area contributed by atoms with Crippen LogP contribution in [0.15, 0.2) is 11.1 Å². The second kappa shape index (κ2) is 9.50. The molecule has 1 rings (SSSR count). The lowest BCUT2D eigenvalue weighted by Crippen LogP contribution is -2.24. The summed E-state index contributed by atoms with van der Waals surface area (Å²) in [6, 6.07) is 0. The van der Waals surface area contributed by atoms with Crippen LogP contribution in [-0.4, -0.2) is 9.55 Å². The zero-order chi connectivity index (χ0) is 14.1. The second-order valence-electron chi connectivity index (χ2n) is 5.12. The van der Waals surface area contributed by atoms with Gasteiger partial charge >= 0.3 is 0 Å². The van der Waals surface area contributed by atoms with Gasteiger partial charge in [0.25, 0.3) is 5.56 Å². The van der Waals surface area contributed by atoms with Crippen molar-refractivity contribution in [3.8, 4) is 0 Å². The summed E-state index contributed by atoms with van der Waals surface area (Å²) in [4.78, 5) is 16.2. The van der Waals surface area contributed by atoms with E-state index < -0.39 is 0 Å². The van der Waals surface area contributed by atoms with Gasteiger partial charge < -0.3 is 0 Å². The predicted octanol–water partition coefficient (Wildman–Crippen LogP) is 4.30. The van der Waals surface area contributed by atoms with Crippen LogP contribution in [0.1, 0.15) is 64.0 Å². The molecule has 1 aromatic rings. The molecule has 0 fully saturated rings. The van der Waals surface area contributed by atoms with Crippen molar-refractivity contribution in [3.05, 3.63) is 25.9 Å². The van der Waals surface area contributed by atoms with Crippen molar-refractivity contribution in [1.82, 2.24) is 9.55 Å². The van der Waals surface area contributed by atoms with Gasteiger partial charge in [-0.15, -0.1) is 0 Å². The van der Waals surface area contributed by atoms with Crippen molar-refractivity contribution in [2.45, 2.75) is 71.8 Å². The molecule has 0 aliphatic carbocycles. The van der Waals surface area contributed by atoms with Crippen molar-refractivity contribution in [1.29, 1.82) is 0 Å². The van der Waals surface area contributed by atoms with Crippen molar-refractivity contribution in [2.75, 3.05) is 0 Å². The lowest BCUT2D eigenvalue weighted by atomic mass is 10.1. The normalized spacial score (nSPS) is 10.9. The van der Waals surface area contributed by atoms with Crippen LogP contribution in [0.4, 0.5) is 0 Å². The van der Waals surface area contributed by atoms with E-state index in [9.17, 15) is 4.79 Å². The molecule has 1 heterocycles. The molecule has 0 unspecified atom stereocenters. The molecule has 0 aliphatic rings. The van der Waals surface area contributed by atoms with Crippen molar-refractivity contribution >= 4 is 22.6 Å². The Kier molecular flexibility index (Phi) is 8.34. The highest BCUT2D eigenvalue weighted by Gasteiger charge is 2.04. The van der Waals surface area contributed by atoms with Gasteiger partial charge in [-0.1, -0.05) is 51.9 Å². The van der Waals surface area contributed by atoms with Crippen LogP contribution in [0.3, 0.4) is 0 Å². The first-order chi connectivity index (χ1) is 9.16. The van der Waals surface area contributed by atoms with E-state index >= 15 is 0 Å². The molecule has 0 saturated heterocycles. The Morgan fingerprint density at radius 1 is 1.11 bits per heavy atom. The maximum atomic E-state index is 11.9. The molecular formula is C15H25IN2O. The number of hydrogen-bond acceptors (Lipinski definition) is 2. The largest absolute Gasteiger partial charge is 0.298 e. The lowest BCUT2D eigenvalue weighted by molar-refractivity contribution is 0.532. The molecule has 0 amide bonds. The fourth-order valence-electron chi connectivity index (χ4n) is 2.12. The Bertz CT molecular complexity index is 429. The summed E-state index contributed by atoms with van der Waals surface area (Å²) >= 11 is 2.09. The molecule has 1 aromatic heterocycles. The van der Waals surface area contributed by atoms with Gasteiger partial charge in [-0.25, -0.2) is 4.98 Å². The first kappa shape index (κ1) is 16.7. The third kappa shape index (κ3) is 6.06. The Hall–Kier alpha value is -0.390. The van der Waals surface area contributed by atoms with E-state index in [1.807, 2.05) is 6.92 Å². The Morgan fingerprint density at radius 3 is 2.32 bits per heavy atom. The van der Waals surface area contributed by atoms with Crippen LogP contribution in [0.5, 0.6) is 0 Å². The Balaban J connectivity index is 2.20. The maximum Gasteiger partial charge on any atom is 0.266 e. The number of aromatic nitrogens is 2. The second-order valence-corrected chi connectivity index (χ2v) is 6.20. The van der Waals surface area contributed by atoms with E-state index in [0.29, 0.717) is 0 Å². The highest BCUT2D eigenvalue weighted by atomic mass is 127. The first-order valence-electron chi connectivity index (χ1n) is 7.38. The SMILES string of the molecule is CCCCCCCCCCn1cnc(C)c(I)c1=O. The number of halogens is 1. The van der Waals surface area contributed by atoms with Crippen LogP contribution in [-0.2, 0) is 6.54 Å². The summed E-state index contributed by atoms with van der Waals surface area (Å²) in [6.07, 6.45) is 12.0. The predicted molar refractivity (Wildman–Crippen MR) is 88.6 cm³/mol. The Labute approximate surface area is 130 Å². The lowest BCUT2D eigenvalue weighted by Gasteiger charge is -2.06. The number of aryl methyl sites for hydroxylation is 2. The molecule has 0 aliphatic heterocycles. The highest BCUT2D eigenvalue weighted by Crippen LogP contribution is 2.09. The van der Waals surface area contributed by atoms with E-state index in [1.165, 1.54) is 44.9 Å². The van der Waals surface area contributed by atoms with Gasteiger partial charge in [-0.05, 0) is 35.9 Å². The van der Waals surface area contributed by atoms with Crippen molar-refractivity contribution < 1.29 is 0 Å². The van der Waals surface area contributed by atoms with Crippen LogP contribution in [0.25, 0.3) is 0 Å². The number of nitrogens with zero attached hydrogens (tertiary/aromatic N) is 2. The quantitative estimate of drug-likeness (QED) is 0.476. The fraction of sp³-hybridized carbons (Fsp3) is 0.733. The van der Waals surface area contributed by atoms with E-state index in [4.69, 9.17) is 0 Å². The molecule has 0 N–H and O–H groups in total. The first-order valence-corrected chi connectivity index (χ1v) is 8.46. The van der Waals surface area contributed by atoms with Crippen molar-refractivity contribution in [3.63, 3.8) is 0 Å². The van der Waals surface area contributed by atoms with Crippen LogP contribution in [0, 0.1) is 10.5 Å². The van der Waals surface area contributed by atoms with Gasteiger partial charge in [0.05, 0.1) is 15.6 Å². The topological polar surface area (TPSA) is 34.9 Å². The molecule has 3 nitrogen and oxygen atoms in total. The molecule has 19 heavy (non-hydrogen) atoms. The molecule has 108 valence electrons. The zero-order valence-electron chi connectivity index (χ0n) is 12.1. The molecule has 4 heteroatoms. The van der Waals surface area contributed by atoms with E-state index in [2.05, 4.69) is 34.5 Å². The molecule has 0 aromatic carbocycles. The van der Waals surface area contributed by atoms with Crippen LogP contribution < -0.4 is 5.56 Å². The Morgan fingerprint density at radius 2 is 1.68 bits per heavy atom. The van der Waals surface area contributed by atoms with E-state index in [0.717, 1.165) is 22.2 Å². The third-order valence-electron chi connectivity index (χ3n) is 3.41. The van der Waals surface area contributed by atoms with Gasteiger partial charge in [0, 0.05) is 6.54 Å². The number of unbranched alkanes of at least 4 members (excludes halogenated alkanes) is 7. The standard InChI is InChI=1S/C15H25IN2O/c1-3-4-5-6-7-8-9-10-11-18-12-17-13(2)14(16)15(18)19/h12H,3-11H2,1-2H3. The highest BCUT2D eigenvalue weighted by molar-refractivity contribution is 14.1. The average molecular weight is 376 g/mol. The van der Waals surface area contributed by atoms with Crippen LogP contribution >= 0.6 is 22.6 Å². The van der Waals surface area contributed by atoms with Crippen molar-refractivity contribution in [2.24, 2.45) is 0 Å². The monoisotopic (exact) mass is 376 g/mol. The molecule has 0 radical (unpaired) electrons. The zero-order valence-corrected chi connectivity index (χ0v) is 14.3. The van der Waals surface area contributed by atoms with Gasteiger partial charge in [-0.3, -0.25) is 9.36 Å². The van der Waals surface area contributed by atoms with E-state index in [-0.39, 0.29) is 5.56 Å². The molecular weight excluding hydrogens is 351 g/mol. The average Bonchev–Trinajstić information content (AvgIpc) is 2.41.